The van der Waals surface area contributed by atoms with E-state index < -0.39 is 0 Å². The van der Waals surface area contributed by atoms with Crippen molar-refractivity contribution >= 4 is 22.5 Å². The fourth-order valence-electron chi connectivity index (χ4n) is 2.52. The van der Waals surface area contributed by atoms with Gasteiger partial charge in [0.25, 0.3) is 0 Å². The first-order chi connectivity index (χ1) is 12.8. The minimum absolute atomic E-state index is 0.473. The Hall–Kier alpha value is -3.99. The summed E-state index contributed by atoms with van der Waals surface area (Å²) in [5.74, 6) is 4.21. The van der Waals surface area contributed by atoms with Gasteiger partial charge in [0.15, 0.2) is 0 Å². The van der Waals surface area contributed by atoms with Crippen molar-refractivity contribution in [2.24, 2.45) is 0 Å². The summed E-state index contributed by atoms with van der Waals surface area (Å²) in [6.45, 7) is 0. The summed E-state index contributed by atoms with van der Waals surface area (Å²) in [6.07, 6.45) is 7.22. The normalized spacial score (nSPS) is 10.5. The zero-order chi connectivity index (χ0) is 17.9. The van der Waals surface area contributed by atoms with Crippen LogP contribution in [0.25, 0.3) is 22.3 Å². The van der Waals surface area contributed by atoms with Crippen LogP contribution in [0.3, 0.4) is 0 Å². The fraction of sp³-hybridized carbons (Fsp3) is 0.0556. The van der Waals surface area contributed by atoms with Gasteiger partial charge in [0.05, 0.1) is 18.2 Å². The van der Waals surface area contributed by atoms with Crippen molar-refractivity contribution in [1.82, 2.24) is 30.6 Å². The Morgan fingerprint density at radius 2 is 2.04 bits per heavy atom. The molecule has 2 aromatic heterocycles. The van der Waals surface area contributed by atoms with Crippen LogP contribution in [0.1, 0.15) is 5.56 Å². The number of methoxy groups -OCH3 is 1. The molecule has 0 spiro atoms. The van der Waals surface area contributed by atoms with Crippen LogP contribution in [0.15, 0.2) is 42.6 Å². The molecule has 0 atom stereocenters. The van der Waals surface area contributed by atoms with Gasteiger partial charge in [0.1, 0.15) is 5.75 Å². The summed E-state index contributed by atoms with van der Waals surface area (Å²) in [7, 11) is 1.58. The molecule has 4 aromatic rings. The number of hydrogen-bond acceptors (Lipinski definition) is 7. The van der Waals surface area contributed by atoms with Crippen LogP contribution in [0.2, 0.25) is 0 Å². The zero-order valence-corrected chi connectivity index (χ0v) is 13.8. The number of H-pyrrole nitrogens is 1. The van der Waals surface area contributed by atoms with Gasteiger partial charge in [-0.2, -0.15) is 5.21 Å². The summed E-state index contributed by atoms with van der Waals surface area (Å²) >= 11 is 0. The summed E-state index contributed by atoms with van der Waals surface area (Å²) < 4.78 is 5.31. The lowest BCUT2D eigenvalue weighted by molar-refractivity contribution is 0.414. The lowest BCUT2D eigenvalue weighted by Crippen LogP contribution is -1.98. The number of hydrogen-bond donors (Lipinski definition) is 2. The molecule has 2 N–H and O–H groups in total. The molecule has 2 heterocycles. The van der Waals surface area contributed by atoms with Crippen molar-refractivity contribution in [3.63, 3.8) is 0 Å². The smallest absolute Gasteiger partial charge is 0.227 e. The molecule has 8 nitrogen and oxygen atoms in total. The number of nitrogens with zero attached hydrogens (tertiary/aromatic N) is 5. The van der Waals surface area contributed by atoms with Gasteiger partial charge in [-0.15, -0.1) is 16.6 Å². The summed E-state index contributed by atoms with van der Waals surface area (Å²) in [5.41, 5.74) is 3.10. The van der Waals surface area contributed by atoms with Gasteiger partial charge in [-0.3, -0.25) is 0 Å². The van der Waals surface area contributed by atoms with Crippen molar-refractivity contribution in [3.05, 3.63) is 48.2 Å². The zero-order valence-electron chi connectivity index (χ0n) is 13.8. The maximum atomic E-state index is 5.50. The van der Waals surface area contributed by atoms with Crippen molar-refractivity contribution in [2.75, 3.05) is 12.4 Å². The second-order valence-corrected chi connectivity index (χ2v) is 5.39. The van der Waals surface area contributed by atoms with Gasteiger partial charge in [0.2, 0.25) is 11.8 Å². The molecule has 0 aliphatic carbocycles. The van der Waals surface area contributed by atoms with E-state index in [0.717, 1.165) is 22.2 Å². The fourth-order valence-corrected chi connectivity index (χ4v) is 2.52. The lowest BCUT2D eigenvalue weighted by atomic mass is 10.1. The van der Waals surface area contributed by atoms with Crippen LogP contribution < -0.4 is 10.1 Å². The molecule has 0 saturated heterocycles. The second kappa shape index (κ2) is 6.49. The number of nitrogens with one attached hydrogen (secondary N) is 2. The Balaban J connectivity index is 1.62. The minimum atomic E-state index is 0.473. The molecular formula is C18H13N7O. The van der Waals surface area contributed by atoms with Gasteiger partial charge in [-0.1, -0.05) is 5.92 Å². The molecule has 0 saturated carbocycles. The number of fused-ring (bicyclic) bond motifs is 1. The van der Waals surface area contributed by atoms with Crippen LogP contribution in [-0.4, -0.2) is 37.7 Å². The highest BCUT2D eigenvalue weighted by Gasteiger charge is 2.07. The maximum Gasteiger partial charge on any atom is 0.227 e. The van der Waals surface area contributed by atoms with E-state index in [-0.39, 0.29) is 0 Å². The minimum Gasteiger partial charge on any atom is -0.495 e. The summed E-state index contributed by atoms with van der Waals surface area (Å²) in [5, 5.41) is 17.9. The molecule has 0 aliphatic rings. The van der Waals surface area contributed by atoms with Gasteiger partial charge < -0.3 is 10.1 Å². The predicted octanol–water partition coefficient (Wildman–Crippen LogP) is 2.54. The van der Waals surface area contributed by atoms with Gasteiger partial charge >= 0.3 is 0 Å². The van der Waals surface area contributed by atoms with Crippen molar-refractivity contribution in [2.45, 2.75) is 0 Å². The number of rotatable bonds is 4. The number of tetrazole rings is 1. The van der Waals surface area contributed by atoms with E-state index >= 15 is 0 Å². The van der Waals surface area contributed by atoms with E-state index in [0.29, 0.717) is 23.1 Å². The Labute approximate surface area is 148 Å². The van der Waals surface area contributed by atoms with Crippen molar-refractivity contribution in [1.29, 1.82) is 0 Å². The van der Waals surface area contributed by atoms with Gasteiger partial charge in [-0.05, 0) is 35.5 Å². The van der Waals surface area contributed by atoms with Gasteiger partial charge in [0, 0.05) is 28.9 Å². The number of aromatic nitrogens is 6. The first-order valence-corrected chi connectivity index (χ1v) is 7.69. The number of anilines is 2. The lowest BCUT2D eigenvalue weighted by Gasteiger charge is -2.08. The Kier molecular flexibility index (Phi) is 3.88. The van der Waals surface area contributed by atoms with Crippen molar-refractivity contribution < 1.29 is 4.74 Å². The molecule has 0 amide bonds. The number of aromatic amines is 1. The predicted molar refractivity (Wildman–Crippen MR) is 96.9 cm³/mol. The molecule has 0 fully saturated rings. The third-order valence-electron chi connectivity index (χ3n) is 3.80. The van der Waals surface area contributed by atoms with Crippen LogP contribution >= 0.6 is 0 Å². The van der Waals surface area contributed by atoms with Crippen molar-refractivity contribution in [3.8, 4) is 29.5 Å². The summed E-state index contributed by atoms with van der Waals surface area (Å²) in [6, 6.07) is 11.2. The standard InChI is InChI=1S/C18H13N7O/c1-3-11-8-13-10-19-18(21-15(13)9-16(11)26-2)20-14-6-4-12(5-7-14)17-22-24-25-23-17/h1,4-10H,2H3,(H,19,20,21)(H,22,23,24,25). The third kappa shape index (κ3) is 2.89. The van der Waals surface area contributed by atoms with E-state index in [1.54, 1.807) is 19.4 Å². The maximum absolute atomic E-state index is 5.50. The van der Waals surface area contributed by atoms with E-state index in [4.69, 9.17) is 11.2 Å². The highest BCUT2D eigenvalue weighted by atomic mass is 16.5. The number of benzene rings is 2. The molecule has 0 aliphatic heterocycles. The van der Waals surface area contributed by atoms with E-state index in [1.165, 1.54) is 0 Å². The molecule has 8 heteroatoms. The largest absolute Gasteiger partial charge is 0.495 e. The first-order valence-electron chi connectivity index (χ1n) is 7.69. The molecule has 0 radical (unpaired) electrons. The van der Waals surface area contributed by atoms with Crippen LogP contribution in [0.5, 0.6) is 5.75 Å². The molecule has 4 rings (SSSR count). The highest BCUT2D eigenvalue weighted by molar-refractivity contribution is 5.83. The first kappa shape index (κ1) is 15.5. The van der Waals surface area contributed by atoms with Gasteiger partial charge in [-0.25, -0.2) is 9.97 Å². The Morgan fingerprint density at radius 1 is 1.19 bits per heavy atom. The van der Waals surface area contributed by atoms with Crippen LogP contribution in [0.4, 0.5) is 11.6 Å². The van der Waals surface area contributed by atoms with E-state index in [2.05, 4.69) is 41.8 Å². The highest BCUT2D eigenvalue weighted by Crippen LogP contribution is 2.25. The quantitative estimate of drug-likeness (QED) is 0.549. The van der Waals surface area contributed by atoms with E-state index in [9.17, 15) is 0 Å². The number of ether oxygens (including phenoxy) is 1. The monoisotopic (exact) mass is 343 g/mol. The Morgan fingerprint density at radius 3 is 2.73 bits per heavy atom. The Bertz CT molecular complexity index is 1100. The molecule has 0 bridgehead atoms. The van der Waals surface area contributed by atoms with E-state index in [1.807, 2.05) is 30.3 Å². The number of terminal acetylenes is 1. The average molecular weight is 343 g/mol. The molecule has 0 unspecified atom stereocenters. The average Bonchev–Trinajstić information content (AvgIpc) is 3.22. The summed E-state index contributed by atoms with van der Waals surface area (Å²) in [4.78, 5) is 8.85. The molecular weight excluding hydrogens is 330 g/mol. The topological polar surface area (TPSA) is 102 Å². The molecule has 26 heavy (non-hydrogen) atoms. The molecule has 126 valence electrons. The van der Waals surface area contributed by atoms with Crippen LogP contribution in [-0.2, 0) is 0 Å². The third-order valence-corrected chi connectivity index (χ3v) is 3.80. The molecule has 2 aromatic carbocycles. The SMILES string of the molecule is C#Cc1cc2cnc(Nc3ccc(-c4nn[nH]n4)cc3)nc2cc1OC. The second-order valence-electron chi connectivity index (χ2n) is 5.39. The van der Waals surface area contributed by atoms with Crippen LogP contribution in [0, 0.1) is 12.3 Å².